The minimum Gasteiger partial charge on any atom is -0.392 e. The van der Waals surface area contributed by atoms with E-state index < -0.39 is 0 Å². The summed E-state index contributed by atoms with van der Waals surface area (Å²) in [4.78, 5) is 4.64. The van der Waals surface area contributed by atoms with E-state index in [1.807, 2.05) is 23.9 Å². The maximum Gasteiger partial charge on any atom is 0.0938 e. The van der Waals surface area contributed by atoms with Crippen LogP contribution in [0.2, 0.25) is 0 Å². The fraction of sp³-hybridized carbons (Fsp3) is 0.455. The van der Waals surface area contributed by atoms with Gasteiger partial charge in [-0.25, -0.2) is 0 Å². The molecule has 2 N–H and O–H groups in total. The number of nitrogens with two attached hydrogens (primary N) is 1. The molecule has 0 aliphatic carbocycles. The average molecular weight is 238 g/mol. The van der Waals surface area contributed by atoms with Crippen LogP contribution in [0.4, 0.5) is 0 Å². The van der Waals surface area contributed by atoms with Crippen molar-refractivity contribution in [3.05, 3.63) is 30.1 Å². The molecule has 15 heavy (non-hydrogen) atoms. The van der Waals surface area contributed by atoms with Crippen LogP contribution in [0.3, 0.4) is 0 Å². The molecule has 1 saturated heterocycles. The molecule has 1 aromatic heterocycles. The van der Waals surface area contributed by atoms with Gasteiger partial charge in [0.05, 0.1) is 9.74 Å². The van der Waals surface area contributed by atoms with E-state index in [1.54, 1.807) is 12.4 Å². The lowest BCUT2D eigenvalue weighted by Gasteiger charge is -2.32. The standard InChI is InChI=1S/C11H14N2S2/c1-8-4-7-15-11(8,10(12)14)9-2-5-13-6-3-9/h2-3,5-6,8H,4,7H2,1H3,(H2,12,14). The maximum atomic E-state index is 5.95. The first-order valence-electron chi connectivity index (χ1n) is 5.02. The molecule has 0 amide bonds. The summed E-state index contributed by atoms with van der Waals surface area (Å²) in [5.74, 6) is 1.63. The fourth-order valence-electron chi connectivity index (χ4n) is 2.17. The number of nitrogens with zero attached hydrogens (tertiary/aromatic N) is 1. The van der Waals surface area contributed by atoms with Crippen LogP contribution in [0.1, 0.15) is 18.9 Å². The molecular weight excluding hydrogens is 224 g/mol. The molecule has 4 heteroatoms. The second-order valence-electron chi connectivity index (χ2n) is 3.87. The van der Waals surface area contributed by atoms with E-state index in [9.17, 15) is 0 Å². The van der Waals surface area contributed by atoms with E-state index in [0.29, 0.717) is 10.9 Å². The summed E-state index contributed by atoms with van der Waals surface area (Å²) in [6.07, 6.45) is 4.78. The van der Waals surface area contributed by atoms with E-state index in [1.165, 1.54) is 12.0 Å². The van der Waals surface area contributed by atoms with Crippen LogP contribution >= 0.6 is 24.0 Å². The lowest BCUT2D eigenvalue weighted by atomic mass is 9.85. The van der Waals surface area contributed by atoms with Gasteiger partial charge in [-0.2, -0.15) is 0 Å². The van der Waals surface area contributed by atoms with E-state index >= 15 is 0 Å². The van der Waals surface area contributed by atoms with Crippen molar-refractivity contribution in [2.45, 2.75) is 18.1 Å². The Hall–Kier alpha value is -0.610. The van der Waals surface area contributed by atoms with Crippen molar-refractivity contribution in [1.29, 1.82) is 0 Å². The fourth-order valence-corrected chi connectivity index (χ4v) is 4.30. The molecule has 2 unspecified atom stereocenters. The molecule has 2 rings (SSSR count). The van der Waals surface area contributed by atoms with Crippen molar-refractivity contribution in [3.8, 4) is 0 Å². The average Bonchev–Trinajstić information content (AvgIpc) is 2.62. The minimum absolute atomic E-state index is 0.168. The SMILES string of the molecule is CC1CCSC1(C(N)=S)c1ccncc1. The smallest absolute Gasteiger partial charge is 0.0938 e. The highest BCUT2D eigenvalue weighted by atomic mass is 32.2. The molecule has 0 bridgehead atoms. The molecule has 80 valence electrons. The predicted octanol–water partition coefficient (Wildman–Crippen LogP) is 2.34. The summed E-state index contributed by atoms with van der Waals surface area (Å²) in [7, 11) is 0. The van der Waals surface area contributed by atoms with Gasteiger partial charge >= 0.3 is 0 Å². The van der Waals surface area contributed by atoms with Crippen LogP contribution < -0.4 is 5.73 Å². The quantitative estimate of drug-likeness (QED) is 0.803. The Bertz CT molecular complexity index is 366. The molecule has 2 heterocycles. The first kappa shape index (κ1) is 10.9. The third kappa shape index (κ3) is 1.66. The van der Waals surface area contributed by atoms with Crippen LogP contribution in [-0.4, -0.2) is 15.7 Å². The highest BCUT2D eigenvalue weighted by molar-refractivity contribution is 8.02. The molecule has 2 atom stereocenters. The van der Waals surface area contributed by atoms with Gasteiger partial charge in [0.2, 0.25) is 0 Å². The van der Waals surface area contributed by atoms with Crippen LogP contribution in [-0.2, 0) is 4.75 Å². The Labute approximate surface area is 99.7 Å². The number of aromatic nitrogens is 1. The number of thiocarbonyl (C=S) groups is 1. The van der Waals surface area contributed by atoms with Crippen LogP contribution in [0.15, 0.2) is 24.5 Å². The summed E-state index contributed by atoms with van der Waals surface area (Å²) in [5, 5.41) is 0. The molecule has 1 aliphatic rings. The van der Waals surface area contributed by atoms with E-state index in [0.717, 1.165) is 5.75 Å². The van der Waals surface area contributed by atoms with Gasteiger partial charge in [-0.3, -0.25) is 4.98 Å². The van der Waals surface area contributed by atoms with E-state index in [-0.39, 0.29) is 4.75 Å². The Balaban J connectivity index is 2.49. The number of thioether (sulfide) groups is 1. The lowest BCUT2D eigenvalue weighted by molar-refractivity contribution is 0.523. The Kier molecular flexibility index (Phi) is 2.98. The third-order valence-corrected chi connectivity index (χ3v) is 5.25. The molecule has 0 saturated carbocycles. The molecule has 2 nitrogen and oxygen atoms in total. The second kappa shape index (κ2) is 4.10. The molecular formula is C11H14N2S2. The molecule has 1 aliphatic heterocycles. The van der Waals surface area contributed by atoms with Gasteiger partial charge in [-0.05, 0) is 35.8 Å². The van der Waals surface area contributed by atoms with Gasteiger partial charge in [0.15, 0.2) is 0 Å². The van der Waals surface area contributed by atoms with Crippen molar-refractivity contribution < 1.29 is 0 Å². The Morgan fingerprint density at radius 2 is 2.27 bits per heavy atom. The number of hydrogen-bond donors (Lipinski definition) is 1. The van der Waals surface area contributed by atoms with Crippen molar-refractivity contribution in [3.63, 3.8) is 0 Å². The van der Waals surface area contributed by atoms with Crippen LogP contribution in [0.25, 0.3) is 0 Å². The van der Waals surface area contributed by atoms with E-state index in [2.05, 4.69) is 11.9 Å². The topological polar surface area (TPSA) is 38.9 Å². The lowest BCUT2D eigenvalue weighted by Crippen LogP contribution is -2.39. The zero-order valence-electron chi connectivity index (χ0n) is 8.64. The largest absolute Gasteiger partial charge is 0.392 e. The summed E-state index contributed by atoms with van der Waals surface area (Å²) >= 11 is 7.13. The van der Waals surface area contributed by atoms with Gasteiger partial charge in [0.1, 0.15) is 0 Å². The normalized spacial score (nSPS) is 30.3. The summed E-state index contributed by atoms with van der Waals surface area (Å²) in [6, 6.07) is 4.04. The van der Waals surface area contributed by atoms with Crippen molar-refractivity contribution in [2.24, 2.45) is 11.7 Å². The van der Waals surface area contributed by atoms with Gasteiger partial charge < -0.3 is 5.73 Å². The maximum absolute atomic E-state index is 5.95. The second-order valence-corrected chi connectivity index (χ2v) is 5.65. The van der Waals surface area contributed by atoms with Gasteiger partial charge in [0, 0.05) is 12.4 Å². The summed E-state index contributed by atoms with van der Waals surface area (Å²) in [5.41, 5.74) is 7.14. The monoisotopic (exact) mass is 238 g/mol. The predicted molar refractivity (Wildman–Crippen MR) is 68.9 cm³/mol. The highest BCUT2D eigenvalue weighted by Crippen LogP contribution is 2.50. The molecule has 0 radical (unpaired) electrons. The van der Waals surface area contributed by atoms with Crippen LogP contribution in [0, 0.1) is 5.92 Å². The molecule has 1 fully saturated rings. The summed E-state index contributed by atoms with van der Waals surface area (Å²) < 4.78 is -0.168. The minimum atomic E-state index is -0.168. The van der Waals surface area contributed by atoms with Crippen molar-refractivity contribution >= 4 is 29.0 Å². The first-order chi connectivity index (χ1) is 7.18. The number of hydrogen-bond acceptors (Lipinski definition) is 3. The molecule has 0 aromatic carbocycles. The molecule has 0 spiro atoms. The summed E-state index contributed by atoms with van der Waals surface area (Å²) in [6.45, 7) is 2.22. The molecule has 1 aromatic rings. The number of pyridine rings is 1. The highest BCUT2D eigenvalue weighted by Gasteiger charge is 2.45. The van der Waals surface area contributed by atoms with Gasteiger partial charge in [-0.1, -0.05) is 19.1 Å². The zero-order valence-corrected chi connectivity index (χ0v) is 10.3. The van der Waals surface area contributed by atoms with Gasteiger partial charge in [-0.15, -0.1) is 11.8 Å². The Morgan fingerprint density at radius 1 is 1.60 bits per heavy atom. The first-order valence-corrected chi connectivity index (χ1v) is 6.41. The third-order valence-electron chi connectivity index (χ3n) is 3.05. The zero-order chi connectivity index (χ0) is 10.9. The van der Waals surface area contributed by atoms with Gasteiger partial charge in [0.25, 0.3) is 0 Å². The van der Waals surface area contributed by atoms with Crippen LogP contribution in [0.5, 0.6) is 0 Å². The van der Waals surface area contributed by atoms with E-state index in [4.69, 9.17) is 18.0 Å². The van der Waals surface area contributed by atoms with Crippen molar-refractivity contribution in [2.75, 3.05) is 5.75 Å². The number of rotatable bonds is 2. The Morgan fingerprint density at radius 3 is 2.73 bits per heavy atom. The van der Waals surface area contributed by atoms with Crippen molar-refractivity contribution in [1.82, 2.24) is 4.98 Å².